The Kier molecular flexibility index (Phi) is 14.9. The van der Waals surface area contributed by atoms with Gasteiger partial charge in [0.05, 0.1) is 39.3 Å². The van der Waals surface area contributed by atoms with Crippen molar-refractivity contribution in [1.29, 1.82) is 0 Å². The molecule has 37 heavy (non-hydrogen) atoms. The van der Waals surface area contributed by atoms with Crippen LogP contribution in [0.15, 0.2) is 30.3 Å². The van der Waals surface area contributed by atoms with Crippen LogP contribution in [0, 0.1) is 0 Å². The molecule has 2 rings (SSSR count). The molecule has 2 aromatic carbocycles. The maximum absolute atomic E-state index is 13.6. The van der Waals surface area contributed by atoms with E-state index in [4.69, 9.17) is 23.7 Å². The van der Waals surface area contributed by atoms with E-state index in [0.29, 0.717) is 67.6 Å². The lowest BCUT2D eigenvalue weighted by atomic mass is 10.2. The van der Waals surface area contributed by atoms with Gasteiger partial charge >= 0.3 is 0 Å². The zero-order chi connectivity index (χ0) is 26.9. The lowest BCUT2D eigenvalue weighted by Gasteiger charge is -2.21. The standard InChI is InChI=1S/C30H45O6P/c1-6-9-12-18-34-23-21-26(35-19-13-10-7-2)29(27(22-23)36-20-14-11-8-3)37-30(31)28-24(32-4)16-15-17-25(28)33-5/h15-17,21-22,31H,6-14,18-20H2,1-5H3/p-1. The SMILES string of the molecule is CCCCCOc1cc(OCCCCC)c(P=C([O-])c2c(OC)cccc2OC)c(OCCCCC)c1. The van der Waals surface area contributed by atoms with Crippen molar-refractivity contribution in [2.45, 2.75) is 78.6 Å². The van der Waals surface area contributed by atoms with E-state index in [2.05, 4.69) is 20.8 Å². The summed E-state index contributed by atoms with van der Waals surface area (Å²) in [4.78, 5) is 0. The molecule has 7 heteroatoms. The third-order valence-corrected chi connectivity index (χ3v) is 6.99. The number of unbranched alkanes of at least 4 members (excludes halogenated alkanes) is 6. The van der Waals surface area contributed by atoms with Crippen LogP contribution in [0.4, 0.5) is 0 Å². The number of hydrogen-bond donors (Lipinski definition) is 0. The molecule has 0 N–H and O–H groups in total. The van der Waals surface area contributed by atoms with Crippen molar-refractivity contribution in [3.05, 3.63) is 35.9 Å². The number of hydrogen-bond acceptors (Lipinski definition) is 6. The third-order valence-electron chi connectivity index (χ3n) is 5.90. The summed E-state index contributed by atoms with van der Waals surface area (Å²) < 4.78 is 29.5. The van der Waals surface area contributed by atoms with Crippen LogP contribution in [0.25, 0.3) is 0 Å². The molecule has 206 valence electrons. The van der Waals surface area contributed by atoms with E-state index < -0.39 is 0 Å². The van der Waals surface area contributed by atoms with Crippen LogP contribution < -0.4 is 34.1 Å². The van der Waals surface area contributed by atoms with Crippen LogP contribution in [-0.2, 0) is 0 Å². The lowest BCUT2D eigenvalue weighted by molar-refractivity contribution is -0.207. The van der Waals surface area contributed by atoms with Gasteiger partial charge in [-0.1, -0.05) is 79.0 Å². The first-order valence-corrected chi connectivity index (χ1v) is 14.5. The highest BCUT2D eigenvalue weighted by Gasteiger charge is 2.16. The molecule has 6 nitrogen and oxygen atoms in total. The van der Waals surface area contributed by atoms with Gasteiger partial charge in [0.15, 0.2) is 0 Å². The molecule has 0 radical (unpaired) electrons. The summed E-state index contributed by atoms with van der Waals surface area (Å²) in [6, 6.07) is 9.13. The van der Waals surface area contributed by atoms with Gasteiger partial charge in [-0.05, 0) is 31.4 Å². The van der Waals surface area contributed by atoms with Gasteiger partial charge in [-0.25, -0.2) is 0 Å². The fraction of sp³-hybridized carbons (Fsp3) is 0.567. The summed E-state index contributed by atoms with van der Waals surface area (Å²) in [6.07, 6.45) is 9.49. The number of ether oxygens (including phenoxy) is 5. The Hall–Kier alpha value is -2.43. The van der Waals surface area contributed by atoms with E-state index >= 15 is 0 Å². The number of methoxy groups -OCH3 is 2. The fourth-order valence-corrected chi connectivity index (χ4v) is 4.82. The molecule has 0 aliphatic heterocycles. The Morgan fingerprint density at radius 1 is 0.676 bits per heavy atom. The molecular formula is C30H44O6P-. The summed E-state index contributed by atoms with van der Waals surface area (Å²) in [5, 5.41) is 14.3. The molecule has 0 aliphatic carbocycles. The Morgan fingerprint density at radius 2 is 1.14 bits per heavy atom. The van der Waals surface area contributed by atoms with Crippen molar-refractivity contribution in [2.24, 2.45) is 0 Å². The van der Waals surface area contributed by atoms with Gasteiger partial charge in [0.2, 0.25) is 0 Å². The summed E-state index contributed by atoms with van der Waals surface area (Å²) in [5.41, 5.74) is 0.255. The minimum atomic E-state index is -0.150. The summed E-state index contributed by atoms with van der Waals surface area (Å²) in [6.45, 7) is 8.26. The molecule has 0 fully saturated rings. The predicted molar refractivity (Wildman–Crippen MR) is 152 cm³/mol. The van der Waals surface area contributed by atoms with Crippen molar-refractivity contribution >= 4 is 19.0 Å². The van der Waals surface area contributed by atoms with Gasteiger partial charge in [-0.3, -0.25) is 0 Å². The zero-order valence-electron chi connectivity index (χ0n) is 23.3. The second kappa shape index (κ2) is 17.9. The maximum atomic E-state index is 13.6. The molecule has 0 spiro atoms. The van der Waals surface area contributed by atoms with Gasteiger partial charge in [-0.2, -0.15) is 0 Å². The zero-order valence-corrected chi connectivity index (χ0v) is 24.2. The van der Waals surface area contributed by atoms with E-state index in [1.165, 1.54) is 0 Å². The van der Waals surface area contributed by atoms with Gasteiger partial charge in [0.1, 0.15) is 28.7 Å². The first-order chi connectivity index (χ1) is 18.1. The smallest absolute Gasteiger partial charge is 0.138 e. The molecule has 2 aromatic rings. The Labute approximate surface area is 225 Å². The summed E-state index contributed by atoms with van der Waals surface area (Å²) in [5.74, 6) is 2.90. The Morgan fingerprint density at radius 3 is 1.57 bits per heavy atom. The van der Waals surface area contributed by atoms with Crippen molar-refractivity contribution in [3.63, 3.8) is 0 Å². The minimum absolute atomic E-state index is 0.150. The Bertz CT molecular complexity index is 904. The molecule has 0 amide bonds. The van der Waals surface area contributed by atoms with E-state index in [0.717, 1.165) is 57.8 Å². The second-order valence-corrected chi connectivity index (χ2v) is 9.97. The molecule has 0 aromatic heterocycles. The maximum Gasteiger partial charge on any atom is 0.138 e. The van der Waals surface area contributed by atoms with Crippen LogP contribution in [-0.4, -0.2) is 39.5 Å². The normalized spacial score (nSPS) is 11.4. The van der Waals surface area contributed by atoms with Crippen molar-refractivity contribution in [1.82, 2.24) is 0 Å². The van der Waals surface area contributed by atoms with Crippen LogP contribution >= 0.6 is 8.20 Å². The highest BCUT2D eigenvalue weighted by molar-refractivity contribution is 7.49. The van der Waals surface area contributed by atoms with Crippen LogP contribution in [0.2, 0.25) is 0 Å². The molecule has 0 saturated carbocycles. The van der Waals surface area contributed by atoms with E-state index in [-0.39, 0.29) is 5.48 Å². The van der Waals surface area contributed by atoms with E-state index in [1.807, 2.05) is 12.1 Å². The van der Waals surface area contributed by atoms with Crippen molar-refractivity contribution < 1.29 is 28.8 Å². The van der Waals surface area contributed by atoms with Gasteiger partial charge in [0.25, 0.3) is 0 Å². The Balaban J connectivity index is 2.54. The molecule has 0 bridgehead atoms. The quantitative estimate of drug-likeness (QED) is 0.152. The summed E-state index contributed by atoms with van der Waals surface area (Å²) in [7, 11) is 3.53. The average molecular weight is 532 g/mol. The van der Waals surface area contributed by atoms with Gasteiger partial charge < -0.3 is 28.8 Å². The highest BCUT2D eigenvalue weighted by atomic mass is 31.1. The fourth-order valence-electron chi connectivity index (χ4n) is 3.80. The average Bonchev–Trinajstić information content (AvgIpc) is 2.92. The van der Waals surface area contributed by atoms with E-state index in [1.54, 1.807) is 32.4 Å². The first kappa shape index (κ1) is 30.8. The van der Waals surface area contributed by atoms with Gasteiger partial charge in [-0.15, -0.1) is 0 Å². The van der Waals surface area contributed by atoms with Crippen LogP contribution in [0.3, 0.4) is 0 Å². The molecule has 0 unspecified atom stereocenters. The third kappa shape index (κ3) is 10.1. The predicted octanol–water partition coefficient (Wildman–Crippen LogP) is 6.52. The molecule has 0 atom stereocenters. The lowest BCUT2D eigenvalue weighted by Crippen LogP contribution is -2.21. The van der Waals surface area contributed by atoms with Crippen LogP contribution in [0.5, 0.6) is 28.7 Å². The molecular weight excluding hydrogens is 487 g/mol. The molecule has 0 aliphatic rings. The van der Waals surface area contributed by atoms with Crippen molar-refractivity contribution in [3.8, 4) is 28.7 Å². The largest absolute Gasteiger partial charge is 0.823 e. The first-order valence-electron chi connectivity index (χ1n) is 13.6. The van der Waals surface area contributed by atoms with Crippen LogP contribution in [0.1, 0.15) is 84.1 Å². The van der Waals surface area contributed by atoms with E-state index in [9.17, 15) is 5.11 Å². The van der Waals surface area contributed by atoms with Crippen molar-refractivity contribution in [2.75, 3.05) is 34.0 Å². The topological polar surface area (TPSA) is 69.2 Å². The molecule has 0 saturated heterocycles. The number of benzene rings is 2. The highest BCUT2D eigenvalue weighted by Crippen LogP contribution is 2.34. The summed E-state index contributed by atoms with van der Waals surface area (Å²) >= 11 is 0. The molecule has 0 heterocycles. The monoisotopic (exact) mass is 531 g/mol. The van der Waals surface area contributed by atoms with Gasteiger partial charge in [0, 0.05) is 17.7 Å². The number of rotatable bonds is 19. The minimum Gasteiger partial charge on any atom is -0.823 e. The second-order valence-electron chi connectivity index (χ2n) is 8.89.